The van der Waals surface area contributed by atoms with Gasteiger partial charge >= 0.3 is 0 Å². The van der Waals surface area contributed by atoms with Crippen molar-refractivity contribution in [1.82, 2.24) is 15.0 Å². The molecule has 1 N–H and O–H groups in total. The van der Waals surface area contributed by atoms with Gasteiger partial charge in [0.2, 0.25) is 0 Å². The van der Waals surface area contributed by atoms with Crippen molar-refractivity contribution in [1.29, 1.82) is 0 Å². The Bertz CT molecular complexity index is 570. The third kappa shape index (κ3) is 3.32. The molecule has 2 rings (SSSR count). The lowest BCUT2D eigenvalue weighted by Crippen LogP contribution is -2.10. The first-order valence-electron chi connectivity index (χ1n) is 6.14. The molecule has 0 bridgehead atoms. The summed E-state index contributed by atoms with van der Waals surface area (Å²) in [4.78, 5) is 12.4. The lowest BCUT2D eigenvalue weighted by molar-refractivity contribution is 0.871. The van der Waals surface area contributed by atoms with Crippen LogP contribution in [-0.2, 0) is 6.42 Å². The van der Waals surface area contributed by atoms with Gasteiger partial charge in [-0.3, -0.25) is 9.71 Å². The summed E-state index contributed by atoms with van der Waals surface area (Å²) in [5.41, 5.74) is 2.60. The van der Waals surface area contributed by atoms with Crippen LogP contribution in [0.4, 0.5) is 9.70 Å². The van der Waals surface area contributed by atoms with E-state index in [1.54, 1.807) is 12.4 Å². The third-order valence-corrected chi connectivity index (χ3v) is 3.58. The van der Waals surface area contributed by atoms with Gasteiger partial charge in [0.05, 0.1) is 11.3 Å². The SMILES string of the molecule is CCCc1ncnc(NSF)c1C(=P)c1ccncc1. The number of aryl methyl sites for hydroxylation is 1. The van der Waals surface area contributed by atoms with Crippen molar-refractivity contribution in [2.24, 2.45) is 0 Å². The summed E-state index contributed by atoms with van der Waals surface area (Å²) in [6, 6.07) is 3.74. The Morgan fingerprint density at radius 1 is 1.35 bits per heavy atom. The molecule has 104 valence electrons. The zero-order valence-corrected chi connectivity index (χ0v) is 12.7. The highest BCUT2D eigenvalue weighted by atomic mass is 32.2. The minimum atomic E-state index is 0.0207. The van der Waals surface area contributed by atoms with Crippen LogP contribution in [0, 0.1) is 0 Å². The molecule has 0 aliphatic carbocycles. The second-order valence-corrected chi connectivity index (χ2v) is 4.94. The zero-order chi connectivity index (χ0) is 14.4. The summed E-state index contributed by atoms with van der Waals surface area (Å²) < 4.78 is 15.1. The standard InChI is InChI=1S/C13H14FN4PS/c1-2-3-10-11(13(18-20-14)17-8-16-10)12(19)9-4-6-15-7-5-9/h4-8,19H,2-3H2,1H3,(H,16,17,18). The van der Waals surface area contributed by atoms with Crippen LogP contribution in [0.15, 0.2) is 30.9 Å². The quantitative estimate of drug-likeness (QED) is 0.654. The summed E-state index contributed by atoms with van der Waals surface area (Å²) in [7, 11) is 3.63. The summed E-state index contributed by atoms with van der Waals surface area (Å²) in [5, 5.41) is 0.813. The van der Waals surface area contributed by atoms with Crippen molar-refractivity contribution in [2.75, 3.05) is 4.72 Å². The van der Waals surface area contributed by atoms with Gasteiger partial charge in [-0.1, -0.05) is 13.3 Å². The molecule has 0 unspecified atom stereocenters. The molecule has 7 heteroatoms. The van der Waals surface area contributed by atoms with Gasteiger partial charge in [-0.25, -0.2) is 9.97 Å². The van der Waals surface area contributed by atoms with Gasteiger partial charge < -0.3 is 0 Å². The predicted molar refractivity (Wildman–Crippen MR) is 84.1 cm³/mol. The third-order valence-electron chi connectivity index (χ3n) is 2.77. The molecule has 0 aliphatic rings. The fraction of sp³-hybridized carbons (Fsp3) is 0.231. The molecule has 0 radical (unpaired) electrons. The Morgan fingerprint density at radius 2 is 2.10 bits per heavy atom. The van der Waals surface area contributed by atoms with E-state index >= 15 is 0 Å². The monoisotopic (exact) mass is 308 g/mol. The maximum absolute atomic E-state index is 12.6. The van der Waals surface area contributed by atoms with E-state index in [4.69, 9.17) is 0 Å². The lowest BCUT2D eigenvalue weighted by Gasteiger charge is -2.14. The number of nitrogens with zero attached hydrogens (tertiary/aromatic N) is 3. The van der Waals surface area contributed by atoms with E-state index in [2.05, 4.69) is 35.5 Å². The number of nitrogens with one attached hydrogen (secondary N) is 1. The average Bonchev–Trinajstić information content (AvgIpc) is 2.48. The van der Waals surface area contributed by atoms with Crippen molar-refractivity contribution in [2.45, 2.75) is 19.8 Å². The Morgan fingerprint density at radius 3 is 2.75 bits per heavy atom. The van der Waals surface area contributed by atoms with E-state index in [0.29, 0.717) is 5.82 Å². The smallest absolute Gasteiger partial charge is 0.163 e. The normalized spacial score (nSPS) is 10.3. The molecule has 20 heavy (non-hydrogen) atoms. The van der Waals surface area contributed by atoms with Gasteiger partial charge in [-0.2, -0.15) is 0 Å². The van der Waals surface area contributed by atoms with Crippen LogP contribution in [0.5, 0.6) is 0 Å². The van der Waals surface area contributed by atoms with E-state index < -0.39 is 0 Å². The second-order valence-electron chi connectivity index (χ2n) is 4.08. The van der Waals surface area contributed by atoms with Gasteiger partial charge in [0, 0.05) is 17.7 Å². The van der Waals surface area contributed by atoms with Crippen LogP contribution in [0.1, 0.15) is 30.2 Å². The number of pyridine rings is 1. The zero-order valence-electron chi connectivity index (χ0n) is 10.9. The maximum Gasteiger partial charge on any atom is 0.163 e. The molecule has 0 saturated carbocycles. The first-order chi connectivity index (χ1) is 9.77. The van der Waals surface area contributed by atoms with Crippen molar-refractivity contribution in [3.8, 4) is 0 Å². The van der Waals surface area contributed by atoms with Gasteiger partial charge in [0.15, 0.2) is 12.3 Å². The Kier molecular flexibility index (Phi) is 5.44. The minimum absolute atomic E-state index is 0.0207. The van der Waals surface area contributed by atoms with Crippen molar-refractivity contribution in [3.05, 3.63) is 47.7 Å². The molecule has 2 aromatic heterocycles. The molecule has 4 nitrogen and oxygen atoms in total. The molecule has 0 saturated heterocycles. The van der Waals surface area contributed by atoms with Gasteiger partial charge in [-0.15, -0.1) is 12.7 Å². The fourth-order valence-electron chi connectivity index (χ4n) is 1.89. The molecule has 2 aromatic rings. The van der Waals surface area contributed by atoms with Crippen LogP contribution < -0.4 is 4.72 Å². The lowest BCUT2D eigenvalue weighted by atomic mass is 10.0. The van der Waals surface area contributed by atoms with E-state index in [0.717, 1.165) is 35.0 Å². The van der Waals surface area contributed by atoms with Gasteiger partial charge in [0.1, 0.15) is 12.1 Å². The highest BCUT2D eigenvalue weighted by Crippen LogP contribution is 2.24. The number of rotatable bonds is 6. The number of anilines is 1. The maximum atomic E-state index is 12.6. The molecular formula is C13H14FN4PS. The van der Waals surface area contributed by atoms with E-state index in [-0.39, 0.29) is 12.3 Å². The molecule has 0 aromatic carbocycles. The number of hydrogen-bond acceptors (Lipinski definition) is 5. The van der Waals surface area contributed by atoms with Crippen LogP contribution in [-0.4, -0.2) is 20.2 Å². The fourth-order valence-corrected chi connectivity index (χ4v) is 2.55. The first kappa shape index (κ1) is 14.9. The Hall–Kier alpha value is -1.52. The molecule has 0 atom stereocenters. The van der Waals surface area contributed by atoms with Crippen LogP contribution in [0.3, 0.4) is 0 Å². The highest BCUT2D eigenvalue weighted by molar-refractivity contribution is 7.95. The average molecular weight is 308 g/mol. The first-order valence-corrected chi connectivity index (χ1v) is 7.36. The van der Waals surface area contributed by atoms with Crippen LogP contribution in [0.25, 0.3) is 0 Å². The number of halogens is 1. The number of aromatic nitrogens is 3. The van der Waals surface area contributed by atoms with E-state index in [1.165, 1.54) is 6.33 Å². The van der Waals surface area contributed by atoms with Crippen molar-refractivity contribution in [3.63, 3.8) is 0 Å². The highest BCUT2D eigenvalue weighted by Gasteiger charge is 2.16. The van der Waals surface area contributed by atoms with Crippen LogP contribution in [0.2, 0.25) is 0 Å². The van der Waals surface area contributed by atoms with Gasteiger partial charge in [-0.05, 0) is 24.1 Å². The van der Waals surface area contributed by atoms with E-state index in [1.807, 2.05) is 12.1 Å². The molecule has 0 fully saturated rings. The molecule has 2 heterocycles. The summed E-state index contributed by atoms with van der Waals surface area (Å²) in [6.45, 7) is 2.07. The van der Waals surface area contributed by atoms with Crippen molar-refractivity contribution < 1.29 is 3.89 Å². The van der Waals surface area contributed by atoms with Gasteiger partial charge in [0.25, 0.3) is 0 Å². The van der Waals surface area contributed by atoms with Crippen molar-refractivity contribution >= 4 is 32.3 Å². The molecule has 0 spiro atoms. The topological polar surface area (TPSA) is 50.7 Å². The largest absolute Gasteiger partial charge is 0.286 e. The molecular weight excluding hydrogens is 294 g/mol. The summed E-state index contributed by atoms with van der Waals surface area (Å²) in [6.07, 6.45) is 6.59. The Labute approximate surface area is 123 Å². The van der Waals surface area contributed by atoms with Crippen LogP contribution >= 0.6 is 21.2 Å². The minimum Gasteiger partial charge on any atom is -0.286 e. The Balaban J connectivity index is 2.49. The second kappa shape index (κ2) is 7.31. The summed E-state index contributed by atoms with van der Waals surface area (Å²) >= 11 is 0.0207. The molecule has 0 amide bonds. The summed E-state index contributed by atoms with van der Waals surface area (Å²) in [5.74, 6) is 0.456. The predicted octanol–water partition coefficient (Wildman–Crippen LogP) is 3.48. The molecule has 0 aliphatic heterocycles. The van der Waals surface area contributed by atoms with E-state index in [9.17, 15) is 3.89 Å². The number of hydrogen-bond donors (Lipinski definition) is 1.